The van der Waals surface area contributed by atoms with Crippen molar-refractivity contribution in [3.8, 4) is 0 Å². The summed E-state index contributed by atoms with van der Waals surface area (Å²) in [6.07, 6.45) is 3.33. The third kappa shape index (κ3) is 5.44. The molecule has 0 bridgehead atoms. The van der Waals surface area contributed by atoms with Crippen LogP contribution in [0.25, 0.3) is 0 Å². The molecule has 2 N–H and O–H groups in total. The SMILES string of the molecule is CN(C)CCNC(=O)c1cccc(C(=O)NCc2ccncc2)n1. The van der Waals surface area contributed by atoms with Crippen molar-refractivity contribution in [2.45, 2.75) is 6.54 Å². The highest BCUT2D eigenvalue weighted by atomic mass is 16.2. The molecule has 0 radical (unpaired) electrons. The summed E-state index contributed by atoms with van der Waals surface area (Å²) in [5.41, 5.74) is 1.38. The number of carbonyl (C=O) groups excluding carboxylic acids is 2. The molecule has 0 spiro atoms. The van der Waals surface area contributed by atoms with Gasteiger partial charge in [-0.2, -0.15) is 0 Å². The Morgan fingerprint density at radius 2 is 1.62 bits per heavy atom. The van der Waals surface area contributed by atoms with Crippen LogP contribution in [0.2, 0.25) is 0 Å². The molecule has 24 heavy (non-hydrogen) atoms. The molecule has 7 heteroatoms. The van der Waals surface area contributed by atoms with Crippen molar-refractivity contribution in [1.29, 1.82) is 0 Å². The molecule has 0 aliphatic heterocycles. The summed E-state index contributed by atoms with van der Waals surface area (Å²) in [6.45, 7) is 1.63. The second-order valence-corrected chi connectivity index (χ2v) is 5.51. The van der Waals surface area contributed by atoms with Crippen LogP contribution in [0.1, 0.15) is 26.5 Å². The van der Waals surface area contributed by atoms with Crippen LogP contribution in [0.3, 0.4) is 0 Å². The van der Waals surface area contributed by atoms with E-state index in [1.54, 1.807) is 30.6 Å². The quantitative estimate of drug-likeness (QED) is 0.781. The number of nitrogens with zero attached hydrogens (tertiary/aromatic N) is 3. The van der Waals surface area contributed by atoms with Crippen molar-refractivity contribution >= 4 is 11.8 Å². The van der Waals surface area contributed by atoms with E-state index in [-0.39, 0.29) is 23.2 Å². The van der Waals surface area contributed by atoms with Crippen LogP contribution >= 0.6 is 0 Å². The van der Waals surface area contributed by atoms with Gasteiger partial charge in [-0.1, -0.05) is 6.07 Å². The molecule has 2 rings (SSSR count). The number of hydrogen-bond donors (Lipinski definition) is 2. The lowest BCUT2D eigenvalue weighted by molar-refractivity contribution is 0.0941. The van der Waals surface area contributed by atoms with E-state index in [1.165, 1.54) is 0 Å². The number of aromatic nitrogens is 2. The van der Waals surface area contributed by atoms with Crippen LogP contribution in [0, 0.1) is 0 Å². The highest BCUT2D eigenvalue weighted by Gasteiger charge is 2.12. The maximum Gasteiger partial charge on any atom is 0.270 e. The van der Waals surface area contributed by atoms with Gasteiger partial charge in [0.15, 0.2) is 0 Å². The number of nitrogens with one attached hydrogen (secondary N) is 2. The van der Waals surface area contributed by atoms with Crippen LogP contribution in [0.4, 0.5) is 0 Å². The van der Waals surface area contributed by atoms with Gasteiger partial charge >= 0.3 is 0 Å². The van der Waals surface area contributed by atoms with E-state index in [2.05, 4.69) is 20.6 Å². The van der Waals surface area contributed by atoms with Crippen LogP contribution < -0.4 is 10.6 Å². The molecule has 0 atom stereocenters. The van der Waals surface area contributed by atoms with Gasteiger partial charge in [0.25, 0.3) is 11.8 Å². The predicted molar refractivity (Wildman–Crippen MR) is 90.5 cm³/mol. The first-order valence-electron chi connectivity index (χ1n) is 7.63. The Morgan fingerprint density at radius 1 is 1.00 bits per heavy atom. The lowest BCUT2D eigenvalue weighted by Gasteiger charge is -2.10. The second-order valence-electron chi connectivity index (χ2n) is 5.51. The molecular formula is C17H21N5O2. The van der Waals surface area contributed by atoms with Crippen LogP contribution in [0.5, 0.6) is 0 Å². The molecule has 2 aromatic heterocycles. The molecular weight excluding hydrogens is 306 g/mol. The third-order valence-corrected chi connectivity index (χ3v) is 3.26. The minimum atomic E-state index is -0.324. The Hall–Kier alpha value is -2.80. The van der Waals surface area contributed by atoms with E-state index in [1.807, 2.05) is 31.1 Å². The van der Waals surface area contributed by atoms with Gasteiger partial charge in [0.1, 0.15) is 11.4 Å². The average Bonchev–Trinajstić information content (AvgIpc) is 2.60. The number of carbonyl (C=O) groups is 2. The molecule has 0 aliphatic carbocycles. The van der Waals surface area contributed by atoms with Gasteiger partial charge < -0.3 is 15.5 Å². The summed E-state index contributed by atoms with van der Waals surface area (Å²) in [6, 6.07) is 8.46. The summed E-state index contributed by atoms with van der Waals surface area (Å²) in [4.78, 5) is 34.2. The van der Waals surface area contributed by atoms with E-state index in [4.69, 9.17) is 0 Å². The van der Waals surface area contributed by atoms with Crippen molar-refractivity contribution in [2.75, 3.05) is 27.2 Å². The van der Waals surface area contributed by atoms with Crippen molar-refractivity contribution in [1.82, 2.24) is 25.5 Å². The third-order valence-electron chi connectivity index (χ3n) is 3.26. The smallest absolute Gasteiger partial charge is 0.270 e. The zero-order valence-corrected chi connectivity index (χ0v) is 13.8. The Labute approximate surface area is 141 Å². The van der Waals surface area contributed by atoms with Gasteiger partial charge in [-0.15, -0.1) is 0 Å². The molecule has 7 nitrogen and oxygen atoms in total. The van der Waals surface area contributed by atoms with E-state index >= 15 is 0 Å². The fourth-order valence-electron chi connectivity index (χ4n) is 1.94. The predicted octanol–water partition coefficient (Wildman–Crippen LogP) is 0.698. The summed E-state index contributed by atoms with van der Waals surface area (Å²) in [5, 5.41) is 5.54. The van der Waals surface area contributed by atoms with Gasteiger partial charge in [0.05, 0.1) is 0 Å². The van der Waals surface area contributed by atoms with Crippen molar-refractivity contribution < 1.29 is 9.59 Å². The van der Waals surface area contributed by atoms with Gasteiger partial charge in [-0.25, -0.2) is 4.98 Å². The Morgan fingerprint density at radius 3 is 2.25 bits per heavy atom. The Kier molecular flexibility index (Phi) is 6.39. The molecule has 2 heterocycles. The van der Waals surface area contributed by atoms with Gasteiger partial charge in [-0.05, 0) is 43.9 Å². The number of likely N-dealkylation sites (N-methyl/N-ethyl adjacent to an activating group) is 1. The first-order valence-corrected chi connectivity index (χ1v) is 7.63. The largest absolute Gasteiger partial charge is 0.349 e. The first-order chi connectivity index (χ1) is 11.6. The van der Waals surface area contributed by atoms with E-state index in [0.717, 1.165) is 12.1 Å². The van der Waals surface area contributed by atoms with E-state index in [0.29, 0.717) is 13.1 Å². The lowest BCUT2D eigenvalue weighted by atomic mass is 10.2. The van der Waals surface area contributed by atoms with Gasteiger partial charge in [-0.3, -0.25) is 14.6 Å². The normalized spacial score (nSPS) is 10.5. The fraction of sp³-hybridized carbons (Fsp3) is 0.294. The van der Waals surface area contributed by atoms with Crippen molar-refractivity contribution in [3.05, 3.63) is 59.7 Å². The average molecular weight is 327 g/mol. The number of rotatable bonds is 7. The van der Waals surface area contributed by atoms with E-state index in [9.17, 15) is 9.59 Å². The summed E-state index contributed by atoms with van der Waals surface area (Å²) in [7, 11) is 3.86. The maximum absolute atomic E-state index is 12.2. The van der Waals surface area contributed by atoms with E-state index < -0.39 is 0 Å². The topological polar surface area (TPSA) is 87.2 Å². The van der Waals surface area contributed by atoms with Crippen LogP contribution in [0.15, 0.2) is 42.7 Å². The summed E-state index contributed by atoms with van der Waals surface area (Å²) >= 11 is 0. The number of pyridine rings is 2. The Balaban J connectivity index is 1.93. The summed E-state index contributed by atoms with van der Waals surface area (Å²) in [5.74, 6) is -0.615. The molecule has 0 aliphatic rings. The van der Waals surface area contributed by atoms with Gasteiger partial charge in [0.2, 0.25) is 0 Å². The zero-order valence-electron chi connectivity index (χ0n) is 13.8. The second kappa shape index (κ2) is 8.73. The van der Waals surface area contributed by atoms with Crippen LogP contribution in [-0.2, 0) is 6.54 Å². The standard InChI is InChI=1S/C17H21N5O2/c1-22(2)11-10-19-16(23)14-4-3-5-15(21-14)17(24)20-12-13-6-8-18-9-7-13/h3-9H,10-12H2,1-2H3,(H,19,23)(H,20,24). The Bertz CT molecular complexity index is 688. The molecule has 0 fully saturated rings. The first kappa shape index (κ1) is 17.6. The van der Waals surface area contributed by atoms with Crippen LogP contribution in [-0.4, -0.2) is 53.9 Å². The highest BCUT2D eigenvalue weighted by molar-refractivity contribution is 5.96. The molecule has 126 valence electrons. The molecule has 2 aromatic rings. The molecule has 2 amide bonds. The molecule has 0 saturated heterocycles. The minimum Gasteiger partial charge on any atom is -0.349 e. The highest BCUT2D eigenvalue weighted by Crippen LogP contribution is 2.01. The monoisotopic (exact) mass is 327 g/mol. The maximum atomic E-state index is 12.2. The lowest BCUT2D eigenvalue weighted by Crippen LogP contribution is -2.32. The molecule has 0 aromatic carbocycles. The zero-order chi connectivity index (χ0) is 17.4. The minimum absolute atomic E-state index is 0.212. The molecule has 0 saturated carbocycles. The molecule has 0 unspecified atom stereocenters. The van der Waals surface area contributed by atoms with Crippen molar-refractivity contribution in [2.24, 2.45) is 0 Å². The number of amides is 2. The fourth-order valence-corrected chi connectivity index (χ4v) is 1.94. The van der Waals surface area contributed by atoms with Crippen molar-refractivity contribution in [3.63, 3.8) is 0 Å². The summed E-state index contributed by atoms with van der Waals surface area (Å²) < 4.78 is 0. The van der Waals surface area contributed by atoms with Gasteiger partial charge in [0, 0.05) is 32.0 Å². The number of hydrogen-bond acceptors (Lipinski definition) is 5.